The largest absolute Gasteiger partial charge is 0.463 e. The lowest BCUT2D eigenvalue weighted by Gasteiger charge is -2.40. The summed E-state index contributed by atoms with van der Waals surface area (Å²) < 4.78 is 7.87. The molecule has 2 N–H and O–H groups in total. The van der Waals surface area contributed by atoms with Crippen LogP contribution in [0.4, 0.5) is 5.82 Å². The predicted octanol–water partition coefficient (Wildman–Crippen LogP) is 4.02. The first kappa shape index (κ1) is 24.2. The molecule has 2 fully saturated rings. The minimum Gasteiger partial charge on any atom is -0.463 e. The van der Waals surface area contributed by atoms with Crippen molar-refractivity contribution in [1.82, 2.24) is 29.3 Å². The number of rotatable bonds is 11. The molecule has 8 heteroatoms. The molecular weight excluding hydrogens is 414 g/mol. The summed E-state index contributed by atoms with van der Waals surface area (Å²) in [6.07, 6.45) is 12.8. The zero-order valence-corrected chi connectivity index (χ0v) is 20.8. The molecule has 2 aromatic rings. The normalized spacial score (nSPS) is 18.8. The maximum absolute atomic E-state index is 6.14. The molecule has 0 atom stereocenters. The van der Waals surface area contributed by atoms with Gasteiger partial charge in [0, 0.05) is 38.8 Å². The van der Waals surface area contributed by atoms with Crippen LogP contribution in [0.2, 0.25) is 0 Å². The molecule has 1 aliphatic heterocycles. The molecule has 0 bridgehead atoms. The van der Waals surface area contributed by atoms with Gasteiger partial charge in [-0.25, -0.2) is 4.98 Å². The minimum absolute atomic E-state index is 0.363. The van der Waals surface area contributed by atoms with Crippen molar-refractivity contribution in [1.29, 1.82) is 0 Å². The number of anilines is 1. The quantitative estimate of drug-likeness (QED) is 0.510. The smallest absolute Gasteiger partial charge is 0.320 e. The number of hydrogen-bond donors (Lipinski definition) is 1. The summed E-state index contributed by atoms with van der Waals surface area (Å²) in [6.45, 7) is 11.9. The van der Waals surface area contributed by atoms with Gasteiger partial charge in [-0.3, -0.25) is 4.90 Å². The minimum atomic E-state index is 0.363. The number of fused-ring (bicyclic) bond motifs is 1. The molecule has 33 heavy (non-hydrogen) atoms. The van der Waals surface area contributed by atoms with Gasteiger partial charge in [-0.1, -0.05) is 39.0 Å². The molecule has 0 radical (unpaired) electrons. The first-order chi connectivity index (χ1) is 16.2. The summed E-state index contributed by atoms with van der Waals surface area (Å²) in [7, 11) is 0. The summed E-state index contributed by atoms with van der Waals surface area (Å²) in [4.78, 5) is 18.9. The van der Waals surface area contributed by atoms with Gasteiger partial charge in [0.1, 0.15) is 5.82 Å². The monoisotopic (exact) mass is 457 g/mol. The molecule has 0 aromatic carbocycles. The van der Waals surface area contributed by atoms with Gasteiger partial charge >= 0.3 is 6.01 Å². The Hall–Kier alpha value is -1.93. The van der Waals surface area contributed by atoms with Crippen LogP contribution >= 0.6 is 0 Å². The highest BCUT2D eigenvalue weighted by atomic mass is 16.5. The van der Waals surface area contributed by atoms with Crippen LogP contribution in [0.5, 0.6) is 6.01 Å². The molecule has 0 spiro atoms. The average molecular weight is 458 g/mol. The number of nitrogens with zero attached hydrogens (tertiary/aromatic N) is 6. The number of aryl methyl sites for hydroxylation is 2. The highest BCUT2D eigenvalue weighted by Gasteiger charge is 2.24. The average Bonchev–Trinajstić information content (AvgIpc) is 3.16. The Morgan fingerprint density at radius 3 is 2.42 bits per heavy atom. The summed E-state index contributed by atoms with van der Waals surface area (Å²) in [5.41, 5.74) is 7.63. The molecule has 8 nitrogen and oxygen atoms in total. The van der Waals surface area contributed by atoms with Crippen molar-refractivity contribution < 1.29 is 4.74 Å². The van der Waals surface area contributed by atoms with E-state index in [4.69, 9.17) is 10.5 Å². The van der Waals surface area contributed by atoms with E-state index in [1.807, 2.05) is 6.92 Å². The van der Waals surface area contributed by atoms with Crippen LogP contribution in [0.1, 0.15) is 77.0 Å². The van der Waals surface area contributed by atoms with Gasteiger partial charge in [0.15, 0.2) is 17.0 Å². The SMILES string of the molecule is CCCCOc1nc(N)c2nc(C)n(CCCCCN3CCN(C4CCCCC4)CC3)c2n1. The Bertz CT molecular complexity index is 869. The van der Waals surface area contributed by atoms with Crippen molar-refractivity contribution in [3.63, 3.8) is 0 Å². The zero-order valence-electron chi connectivity index (χ0n) is 20.8. The number of unbranched alkanes of at least 4 members (excludes halogenated alkanes) is 3. The maximum Gasteiger partial charge on any atom is 0.320 e. The third kappa shape index (κ3) is 6.35. The highest BCUT2D eigenvalue weighted by molar-refractivity contribution is 5.82. The third-order valence-corrected chi connectivity index (χ3v) is 7.38. The third-order valence-electron chi connectivity index (χ3n) is 7.38. The van der Waals surface area contributed by atoms with E-state index in [-0.39, 0.29) is 0 Å². The summed E-state index contributed by atoms with van der Waals surface area (Å²) in [5, 5.41) is 0. The molecular formula is C25H43N7O. The van der Waals surface area contributed by atoms with Gasteiger partial charge in [0.05, 0.1) is 6.61 Å². The molecule has 3 heterocycles. The number of ether oxygens (including phenoxy) is 1. The van der Waals surface area contributed by atoms with Gasteiger partial charge < -0.3 is 19.9 Å². The lowest BCUT2D eigenvalue weighted by atomic mass is 9.94. The highest BCUT2D eigenvalue weighted by Crippen LogP contribution is 2.24. The van der Waals surface area contributed by atoms with Crippen molar-refractivity contribution in [2.24, 2.45) is 0 Å². The molecule has 1 saturated carbocycles. The summed E-state index contributed by atoms with van der Waals surface area (Å²) in [5.74, 6) is 1.34. The Balaban J connectivity index is 1.21. The van der Waals surface area contributed by atoms with Gasteiger partial charge in [-0.15, -0.1) is 0 Å². The van der Waals surface area contributed by atoms with Crippen molar-refractivity contribution in [3.8, 4) is 6.01 Å². The molecule has 4 rings (SSSR count). The summed E-state index contributed by atoms with van der Waals surface area (Å²) in [6, 6.07) is 1.23. The first-order valence-electron chi connectivity index (χ1n) is 13.2. The second kappa shape index (κ2) is 12.0. The first-order valence-corrected chi connectivity index (χ1v) is 13.2. The van der Waals surface area contributed by atoms with Crippen LogP contribution in [0, 0.1) is 6.92 Å². The van der Waals surface area contributed by atoms with Gasteiger partial charge in [-0.05, 0) is 45.6 Å². The predicted molar refractivity (Wildman–Crippen MR) is 134 cm³/mol. The van der Waals surface area contributed by atoms with E-state index in [1.165, 1.54) is 77.7 Å². The van der Waals surface area contributed by atoms with E-state index in [1.54, 1.807) is 0 Å². The van der Waals surface area contributed by atoms with E-state index in [0.717, 1.165) is 43.3 Å². The molecule has 2 aliphatic rings. The second-order valence-corrected chi connectivity index (χ2v) is 9.81. The lowest BCUT2D eigenvalue weighted by Crippen LogP contribution is -2.50. The lowest BCUT2D eigenvalue weighted by molar-refractivity contribution is 0.0781. The molecule has 1 saturated heterocycles. The van der Waals surface area contributed by atoms with E-state index in [9.17, 15) is 0 Å². The molecule has 1 aliphatic carbocycles. The molecule has 2 aromatic heterocycles. The van der Waals surface area contributed by atoms with E-state index in [2.05, 4.69) is 36.2 Å². The summed E-state index contributed by atoms with van der Waals surface area (Å²) >= 11 is 0. The second-order valence-electron chi connectivity index (χ2n) is 9.81. The number of nitrogens with two attached hydrogens (primary N) is 1. The van der Waals surface area contributed by atoms with Crippen LogP contribution in [-0.4, -0.2) is 74.7 Å². The Morgan fingerprint density at radius 1 is 0.909 bits per heavy atom. The van der Waals surface area contributed by atoms with Crippen molar-refractivity contribution in [2.75, 3.05) is 45.1 Å². The maximum atomic E-state index is 6.14. The van der Waals surface area contributed by atoms with E-state index in [0.29, 0.717) is 24.0 Å². The standard InChI is InChI=1S/C25H43N7O/c1-3-4-19-33-25-28-23(26)22-24(29-25)32(20(2)27-22)14-10-6-9-13-30-15-17-31(18-16-30)21-11-7-5-8-12-21/h21H,3-19H2,1-2H3,(H2,26,28,29). The zero-order chi connectivity index (χ0) is 23.0. The Labute approximate surface area is 198 Å². The Kier molecular flexibility index (Phi) is 8.78. The number of nitrogen functional groups attached to an aromatic ring is 1. The van der Waals surface area contributed by atoms with E-state index < -0.39 is 0 Å². The van der Waals surface area contributed by atoms with Crippen LogP contribution < -0.4 is 10.5 Å². The van der Waals surface area contributed by atoms with Crippen molar-refractivity contribution >= 4 is 17.0 Å². The Morgan fingerprint density at radius 2 is 1.67 bits per heavy atom. The number of aromatic nitrogens is 4. The fourth-order valence-electron chi connectivity index (χ4n) is 5.33. The molecule has 0 amide bonds. The topological polar surface area (TPSA) is 85.3 Å². The molecule has 184 valence electrons. The van der Waals surface area contributed by atoms with E-state index >= 15 is 0 Å². The van der Waals surface area contributed by atoms with Crippen LogP contribution in [0.3, 0.4) is 0 Å². The van der Waals surface area contributed by atoms with Crippen LogP contribution in [0.25, 0.3) is 11.2 Å². The fraction of sp³-hybridized carbons (Fsp3) is 0.800. The fourth-order valence-corrected chi connectivity index (χ4v) is 5.33. The molecule has 0 unspecified atom stereocenters. The van der Waals surface area contributed by atoms with Crippen molar-refractivity contribution in [2.45, 2.75) is 90.6 Å². The van der Waals surface area contributed by atoms with Gasteiger partial charge in [0.25, 0.3) is 0 Å². The van der Waals surface area contributed by atoms with Crippen LogP contribution in [0.15, 0.2) is 0 Å². The van der Waals surface area contributed by atoms with Gasteiger partial charge in [0.2, 0.25) is 0 Å². The van der Waals surface area contributed by atoms with Gasteiger partial charge in [-0.2, -0.15) is 9.97 Å². The number of hydrogen-bond acceptors (Lipinski definition) is 7. The number of imidazole rings is 1. The van der Waals surface area contributed by atoms with Crippen molar-refractivity contribution in [3.05, 3.63) is 5.82 Å². The van der Waals surface area contributed by atoms with Crippen LogP contribution in [-0.2, 0) is 6.54 Å². The number of piperazine rings is 1.